The molecule has 2 saturated heterocycles. The van der Waals surface area contributed by atoms with Crippen molar-refractivity contribution in [1.29, 1.82) is 0 Å². The minimum absolute atomic E-state index is 0.0244. The van der Waals surface area contributed by atoms with Crippen molar-refractivity contribution in [3.8, 4) is 5.75 Å². The maximum Gasteiger partial charge on any atom is 0.249 e. The van der Waals surface area contributed by atoms with Crippen molar-refractivity contribution < 1.29 is 14.3 Å². The monoisotopic (exact) mass is 621 g/mol. The number of likely N-dealkylation sites (tertiary alicyclic amines) is 2. The molecule has 0 unspecified atom stereocenters. The Balaban J connectivity index is 1.10. The molecule has 0 spiro atoms. The van der Waals surface area contributed by atoms with Crippen molar-refractivity contribution in [1.82, 2.24) is 24.7 Å². The molecule has 1 aromatic carbocycles. The van der Waals surface area contributed by atoms with Gasteiger partial charge >= 0.3 is 0 Å². The molecule has 3 fully saturated rings. The van der Waals surface area contributed by atoms with E-state index in [-0.39, 0.29) is 24.0 Å². The Morgan fingerprint density at radius 2 is 1.80 bits per heavy atom. The van der Waals surface area contributed by atoms with Crippen molar-refractivity contribution in [3.63, 3.8) is 0 Å². The minimum Gasteiger partial charge on any atom is -0.489 e. The Hall–Kier alpha value is -3.37. The van der Waals surface area contributed by atoms with E-state index in [1.807, 2.05) is 41.1 Å². The van der Waals surface area contributed by atoms with E-state index < -0.39 is 0 Å². The fourth-order valence-electron chi connectivity index (χ4n) is 6.89. The predicted molar refractivity (Wildman–Crippen MR) is 173 cm³/mol. The first-order valence-electron chi connectivity index (χ1n) is 16.1. The fraction of sp³-hybridized carbons (Fsp3) is 0.576. The van der Waals surface area contributed by atoms with Gasteiger partial charge in [-0.3, -0.25) is 9.59 Å². The average molecular weight is 622 g/mol. The Labute approximate surface area is 265 Å². The third-order valence-corrected chi connectivity index (χ3v) is 9.96. The van der Waals surface area contributed by atoms with Crippen molar-refractivity contribution in [2.45, 2.75) is 69.9 Å². The number of anilines is 3. The highest BCUT2D eigenvalue weighted by atomic mass is 35.5. The van der Waals surface area contributed by atoms with Gasteiger partial charge in [0.25, 0.3) is 0 Å². The Morgan fingerprint density at radius 3 is 2.52 bits per heavy atom. The first-order chi connectivity index (χ1) is 21.4. The molecule has 4 aliphatic rings. The van der Waals surface area contributed by atoms with E-state index in [0.29, 0.717) is 41.3 Å². The summed E-state index contributed by atoms with van der Waals surface area (Å²) in [6.45, 7) is 4.08. The van der Waals surface area contributed by atoms with E-state index in [0.717, 1.165) is 81.5 Å². The lowest BCUT2D eigenvalue weighted by Gasteiger charge is -2.35. The maximum atomic E-state index is 13.6. The van der Waals surface area contributed by atoms with Crippen LogP contribution in [0.5, 0.6) is 5.75 Å². The number of rotatable bonds is 7. The van der Waals surface area contributed by atoms with Crippen LogP contribution in [0.25, 0.3) is 6.08 Å². The zero-order valence-corrected chi connectivity index (χ0v) is 26.6. The van der Waals surface area contributed by atoms with E-state index in [4.69, 9.17) is 16.3 Å². The van der Waals surface area contributed by atoms with Gasteiger partial charge in [0.15, 0.2) is 0 Å². The summed E-state index contributed by atoms with van der Waals surface area (Å²) in [4.78, 5) is 41.6. The zero-order chi connectivity index (χ0) is 30.6. The molecule has 2 N–H and O–H groups in total. The number of fused-ring (bicyclic) bond motifs is 1. The first kappa shape index (κ1) is 30.6. The van der Waals surface area contributed by atoms with Gasteiger partial charge in [0.2, 0.25) is 11.8 Å². The molecule has 2 amide bonds. The topological polar surface area (TPSA) is 103 Å². The van der Waals surface area contributed by atoms with Crippen molar-refractivity contribution in [3.05, 3.63) is 40.7 Å². The molecule has 6 rings (SSSR count). The normalized spacial score (nSPS) is 20.3. The zero-order valence-electron chi connectivity index (χ0n) is 25.9. The quantitative estimate of drug-likeness (QED) is 0.436. The molecule has 0 atom stereocenters. The van der Waals surface area contributed by atoms with Crippen LogP contribution in [0.15, 0.2) is 30.1 Å². The van der Waals surface area contributed by atoms with Gasteiger partial charge in [-0.05, 0) is 76.5 Å². The number of carbonyl (C=O) groups excluding carboxylic acids is 2. The Morgan fingerprint density at radius 1 is 1.05 bits per heavy atom. The van der Waals surface area contributed by atoms with Gasteiger partial charge in [-0.2, -0.15) is 0 Å². The summed E-state index contributed by atoms with van der Waals surface area (Å²) in [5, 5.41) is 7.25. The molecule has 0 bridgehead atoms. The highest BCUT2D eigenvalue weighted by Crippen LogP contribution is 2.34. The second kappa shape index (κ2) is 13.7. The number of hydrogen-bond acceptors (Lipinski definition) is 8. The smallest absolute Gasteiger partial charge is 0.249 e. The highest BCUT2D eigenvalue weighted by Gasteiger charge is 2.31. The van der Waals surface area contributed by atoms with Crippen LogP contribution in [0.3, 0.4) is 0 Å². The number of likely N-dealkylation sites (N-methyl/N-ethyl adjacent to an activating group) is 1. The number of benzene rings is 1. The van der Waals surface area contributed by atoms with Crippen LogP contribution in [0.1, 0.15) is 63.4 Å². The summed E-state index contributed by atoms with van der Waals surface area (Å²) in [5.41, 5.74) is 2.25. The van der Waals surface area contributed by atoms with E-state index in [1.165, 1.54) is 19.2 Å². The molecule has 10 nitrogen and oxygen atoms in total. The molecule has 1 aromatic heterocycles. The van der Waals surface area contributed by atoms with Gasteiger partial charge in [-0.25, -0.2) is 9.97 Å². The molecule has 4 heterocycles. The number of halogens is 1. The van der Waals surface area contributed by atoms with Crippen molar-refractivity contribution in [2.75, 3.05) is 57.5 Å². The molecule has 1 aliphatic carbocycles. The number of nitrogens with one attached hydrogen (secondary N) is 2. The van der Waals surface area contributed by atoms with E-state index in [2.05, 4.69) is 32.5 Å². The van der Waals surface area contributed by atoms with E-state index >= 15 is 0 Å². The fourth-order valence-corrected chi connectivity index (χ4v) is 7.12. The van der Waals surface area contributed by atoms with Crippen LogP contribution < -0.4 is 15.4 Å². The van der Waals surface area contributed by atoms with Gasteiger partial charge < -0.3 is 30.1 Å². The van der Waals surface area contributed by atoms with Crippen LogP contribution in [0.4, 0.5) is 17.3 Å². The van der Waals surface area contributed by atoms with Gasteiger partial charge in [0, 0.05) is 62.7 Å². The molecular weight excluding hydrogens is 578 g/mol. The number of carbonyl (C=O) groups is 2. The first-order valence-corrected chi connectivity index (χ1v) is 16.5. The summed E-state index contributed by atoms with van der Waals surface area (Å²) in [6, 6.07) is 5.87. The van der Waals surface area contributed by atoms with E-state index in [9.17, 15) is 9.59 Å². The maximum absolute atomic E-state index is 13.6. The second-order valence-corrected chi connectivity index (χ2v) is 13.1. The summed E-state index contributed by atoms with van der Waals surface area (Å²) >= 11 is 6.69. The minimum atomic E-state index is 0.0244. The van der Waals surface area contributed by atoms with Crippen LogP contribution in [0, 0.1) is 5.92 Å². The highest BCUT2D eigenvalue weighted by molar-refractivity contribution is 6.32. The summed E-state index contributed by atoms with van der Waals surface area (Å²) in [6.07, 6.45) is 12.0. The molecule has 44 heavy (non-hydrogen) atoms. The van der Waals surface area contributed by atoms with Crippen LogP contribution >= 0.6 is 11.6 Å². The largest absolute Gasteiger partial charge is 0.489 e. The third-order valence-electron chi connectivity index (χ3n) is 9.67. The number of ether oxygens (including phenoxy) is 1. The molecule has 236 valence electrons. The lowest BCUT2D eigenvalue weighted by molar-refractivity contribution is -0.137. The summed E-state index contributed by atoms with van der Waals surface area (Å²) in [7, 11) is 4.05. The lowest BCUT2D eigenvalue weighted by atomic mass is 10.0. The third kappa shape index (κ3) is 6.96. The number of piperidine rings is 2. The summed E-state index contributed by atoms with van der Waals surface area (Å²) in [5.74, 6) is 2.52. The van der Waals surface area contributed by atoms with Gasteiger partial charge in [0.05, 0.1) is 10.6 Å². The number of hydrogen-bond donors (Lipinski definition) is 2. The summed E-state index contributed by atoms with van der Waals surface area (Å²) < 4.78 is 6.28. The Bertz CT molecular complexity index is 1380. The molecule has 3 aliphatic heterocycles. The van der Waals surface area contributed by atoms with E-state index in [1.54, 1.807) is 0 Å². The van der Waals surface area contributed by atoms with Crippen LogP contribution in [-0.2, 0) is 9.59 Å². The van der Waals surface area contributed by atoms with Crippen molar-refractivity contribution in [2.24, 2.45) is 5.92 Å². The Kier molecular flexibility index (Phi) is 9.56. The molecule has 2 aromatic rings. The molecule has 0 radical (unpaired) electrons. The number of aromatic nitrogens is 2. The molecule has 1 saturated carbocycles. The SMILES string of the molecule is CN1CCC(N(C)C(=O)C2=Cc3c(ncnc3Nc3ccc(OC4CCN(C(=O)C5CCCC5)CC4)c(Cl)c3)NCC2)CC1. The van der Waals surface area contributed by atoms with Crippen LogP contribution in [0.2, 0.25) is 5.02 Å². The number of nitrogens with zero attached hydrogens (tertiary/aromatic N) is 5. The molecule has 11 heteroatoms. The van der Waals surface area contributed by atoms with Crippen LogP contribution in [-0.4, -0.2) is 95.4 Å². The lowest BCUT2D eigenvalue weighted by Crippen LogP contribution is -2.45. The van der Waals surface area contributed by atoms with Gasteiger partial charge in [0.1, 0.15) is 29.8 Å². The predicted octanol–water partition coefficient (Wildman–Crippen LogP) is 5.19. The second-order valence-electron chi connectivity index (χ2n) is 12.7. The average Bonchev–Trinajstić information content (AvgIpc) is 3.49. The molecular formula is C33H44ClN7O3. The van der Waals surface area contributed by atoms with Gasteiger partial charge in [-0.15, -0.1) is 0 Å². The number of amides is 2. The standard InChI is InChI=1S/C33H44ClN7O3/c1-39-15-10-25(11-16-39)40(2)32(42)23-9-14-35-30-27(19-23)31(37-21-36-30)38-24-7-8-29(28(34)20-24)44-26-12-17-41(18-13-26)33(43)22-5-3-4-6-22/h7-8,19-22,25-26H,3-6,9-18H2,1-2H3,(H2,35,36,37,38). The van der Waals surface area contributed by atoms with Crippen molar-refractivity contribution >= 4 is 46.8 Å². The van der Waals surface area contributed by atoms with Gasteiger partial charge in [-0.1, -0.05) is 24.4 Å².